The van der Waals surface area contributed by atoms with Gasteiger partial charge in [0.25, 0.3) is 6.43 Å². The fraction of sp³-hybridized carbons (Fsp3) is 0.480. The first-order valence-electron chi connectivity index (χ1n) is 12.0. The molecule has 2 heterocycles. The molecular formula is C25H28ClF2N5O3. The van der Waals surface area contributed by atoms with Gasteiger partial charge in [0.1, 0.15) is 10.8 Å². The van der Waals surface area contributed by atoms with Crippen LogP contribution in [0.5, 0.6) is 5.75 Å². The van der Waals surface area contributed by atoms with E-state index in [2.05, 4.69) is 26.7 Å². The number of carbonyl (C=O) groups is 1. The summed E-state index contributed by atoms with van der Waals surface area (Å²) in [7, 11) is 1.57. The van der Waals surface area contributed by atoms with Gasteiger partial charge in [0.15, 0.2) is 5.82 Å². The molecule has 8 nitrogen and oxygen atoms in total. The van der Waals surface area contributed by atoms with Crippen LogP contribution in [0.4, 0.5) is 26.2 Å². The van der Waals surface area contributed by atoms with Gasteiger partial charge in [0.2, 0.25) is 5.95 Å². The molecule has 1 aromatic carbocycles. The number of halogens is 3. The number of ether oxygens (including phenoxy) is 1. The number of anilines is 3. The van der Waals surface area contributed by atoms with Gasteiger partial charge in [-0.25, -0.2) is 13.8 Å². The maximum atomic E-state index is 12.9. The number of carboxylic acid groups (broad SMARTS) is 1. The highest BCUT2D eigenvalue weighted by Gasteiger charge is 2.48. The van der Waals surface area contributed by atoms with E-state index < -0.39 is 18.3 Å². The average Bonchev–Trinajstić information content (AvgIpc) is 3.39. The van der Waals surface area contributed by atoms with Crippen molar-refractivity contribution in [3.8, 4) is 5.75 Å². The van der Waals surface area contributed by atoms with Gasteiger partial charge in [-0.05, 0) is 54.4 Å². The average molecular weight is 520 g/mol. The summed E-state index contributed by atoms with van der Waals surface area (Å²) < 4.78 is 31.3. The zero-order valence-corrected chi connectivity index (χ0v) is 20.5. The number of benzene rings is 1. The van der Waals surface area contributed by atoms with Gasteiger partial charge >= 0.3 is 5.97 Å². The van der Waals surface area contributed by atoms with Crippen molar-refractivity contribution in [3.63, 3.8) is 0 Å². The molecule has 1 saturated carbocycles. The number of hydrogen-bond donors (Lipinski definition) is 3. The van der Waals surface area contributed by atoms with E-state index in [0.29, 0.717) is 48.2 Å². The smallest absolute Gasteiger partial charge is 0.309 e. The van der Waals surface area contributed by atoms with Gasteiger partial charge in [-0.2, -0.15) is 4.98 Å². The zero-order chi connectivity index (χ0) is 25.4. The summed E-state index contributed by atoms with van der Waals surface area (Å²) >= 11 is 6.36. The summed E-state index contributed by atoms with van der Waals surface area (Å²) in [6, 6.07) is 3.57. The Bertz CT molecular complexity index is 1180. The normalized spacial score (nSPS) is 25.0. The van der Waals surface area contributed by atoms with Crippen molar-refractivity contribution >= 4 is 35.0 Å². The number of aliphatic carboxylic acids is 1. The number of hydrogen-bond acceptors (Lipinski definition) is 7. The number of nitrogens with one attached hydrogen (secondary N) is 2. The molecule has 4 unspecified atom stereocenters. The van der Waals surface area contributed by atoms with Crippen LogP contribution in [-0.2, 0) is 17.6 Å². The standard InChI is InChI=1S/C25H28ClF2N5O3/c1-36-19-10-14-5-7-33(12-20(27)28)6-4-13(14)9-18(19)30-25-29-11-17(26)23(32-25)31-22-16-3-2-15(8-16)21(22)24(34)35/h2-3,9-11,15-16,20-22H,4-8,12H2,1H3,(H,34,35)(H2,29,30,31,32). The van der Waals surface area contributed by atoms with Crippen LogP contribution in [0, 0.1) is 17.8 Å². The largest absolute Gasteiger partial charge is 0.495 e. The van der Waals surface area contributed by atoms with Gasteiger partial charge in [-0.1, -0.05) is 23.8 Å². The lowest BCUT2D eigenvalue weighted by Gasteiger charge is -2.26. The summed E-state index contributed by atoms with van der Waals surface area (Å²) in [5.41, 5.74) is 2.77. The Morgan fingerprint density at radius 1 is 1.25 bits per heavy atom. The molecule has 1 aliphatic heterocycles. The molecule has 36 heavy (non-hydrogen) atoms. The Morgan fingerprint density at radius 2 is 1.97 bits per heavy atom. The minimum Gasteiger partial charge on any atom is -0.495 e. The molecule has 0 spiro atoms. The van der Waals surface area contributed by atoms with Crippen LogP contribution in [0.25, 0.3) is 0 Å². The Kier molecular flexibility index (Phi) is 6.98. The molecule has 2 aromatic rings. The van der Waals surface area contributed by atoms with Crippen LogP contribution in [0.2, 0.25) is 5.02 Å². The van der Waals surface area contributed by atoms with Crippen LogP contribution in [0.3, 0.4) is 0 Å². The first-order valence-corrected chi connectivity index (χ1v) is 12.4. The molecule has 1 fully saturated rings. The monoisotopic (exact) mass is 519 g/mol. The van der Waals surface area contributed by atoms with Gasteiger partial charge < -0.3 is 20.5 Å². The quantitative estimate of drug-likeness (QED) is 0.445. The summed E-state index contributed by atoms with van der Waals surface area (Å²) in [4.78, 5) is 22.5. The van der Waals surface area contributed by atoms with Crippen LogP contribution >= 0.6 is 11.6 Å². The highest BCUT2D eigenvalue weighted by atomic mass is 35.5. The van der Waals surface area contributed by atoms with Crippen LogP contribution in [0.15, 0.2) is 30.5 Å². The van der Waals surface area contributed by atoms with Crippen molar-refractivity contribution in [2.24, 2.45) is 17.8 Å². The predicted molar refractivity (Wildman–Crippen MR) is 132 cm³/mol. The maximum Gasteiger partial charge on any atom is 0.309 e. The Morgan fingerprint density at radius 3 is 2.67 bits per heavy atom. The molecule has 0 saturated heterocycles. The number of nitrogens with zero attached hydrogens (tertiary/aromatic N) is 3. The molecule has 11 heteroatoms. The van der Waals surface area contributed by atoms with Crippen LogP contribution < -0.4 is 15.4 Å². The third-order valence-corrected chi connectivity index (χ3v) is 7.63. The number of carboxylic acids is 1. The fourth-order valence-corrected chi connectivity index (χ4v) is 5.75. The summed E-state index contributed by atoms with van der Waals surface area (Å²) in [5.74, 6) is -0.0438. The number of aromatic nitrogens is 2. The first-order chi connectivity index (χ1) is 17.3. The Balaban J connectivity index is 1.36. The molecule has 192 valence electrons. The van der Waals surface area contributed by atoms with E-state index in [0.717, 1.165) is 17.5 Å². The molecule has 2 aliphatic carbocycles. The van der Waals surface area contributed by atoms with E-state index in [1.807, 2.05) is 18.2 Å². The lowest BCUT2D eigenvalue weighted by Crippen LogP contribution is -2.38. The molecular weight excluding hydrogens is 492 g/mol. The molecule has 3 N–H and O–H groups in total. The summed E-state index contributed by atoms with van der Waals surface area (Å²) in [6.07, 6.45) is 5.24. The number of fused-ring (bicyclic) bond motifs is 3. The second kappa shape index (κ2) is 10.2. The van der Waals surface area contributed by atoms with Gasteiger partial charge in [0, 0.05) is 19.1 Å². The predicted octanol–water partition coefficient (Wildman–Crippen LogP) is 4.24. The lowest BCUT2D eigenvalue weighted by molar-refractivity contribution is -0.142. The maximum absolute atomic E-state index is 12.9. The van der Waals surface area contributed by atoms with E-state index >= 15 is 0 Å². The minimum absolute atomic E-state index is 0.00339. The van der Waals surface area contributed by atoms with Crippen molar-refractivity contribution in [1.82, 2.24) is 14.9 Å². The van der Waals surface area contributed by atoms with E-state index in [4.69, 9.17) is 16.3 Å². The van der Waals surface area contributed by atoms with Crippen molar-refractivity contribution in [3.05, 3.63) is 46.6 Å². The Labute approximate surface area is 212 Å². The molecule has 5 rings (SSSR count). The first kappa shape index (κ1) is 24.7. The summed E-state index contributed by atoms with van der Waals surface area (Å²) in [5, 5.41) is 16.5. The number of allylic oxidation sites excluding steroid dienone is 1. The topological polar surface area (TPSA) is 99.6 Å². The van der Waals surface area contributed by atoms with Crippen molar-refractivity contribution in [2.45, 2.75) is 31.7 Å². The second-order valence-electron chi connectivity index (χ2n) is 9.51. The number of rotatable bonds is 8. The summed E-state index contributed by atoms with van der Waals surface area (Å²) in [6.45, 7) is 0.890. The van der Waals surface area contributed by atoms with Gasteiger partial charge in [-0.3, -0.25) is 9.69 Å². The molecule has 4 atom stereocenters. The highest BCUT2D eigenvalue weighted by Crippen LogP contribution is 2.45. The van der Waals surface area contributed by atoms with Gasteiger partial charge in [0.05, 0.1) is 31.5 Å². The van der Waals surface area contributed by atoms with Gasteiger partial charge in [-0.15, -0.1) is 0 Å². The molecule has 1 aromatic heterocycles. The number of methoxy groups -OCH3 is 1. The van der Waals surface area contributed by atoms with Crippen molar-refractivity contribution in [1.29, 1.82) is 0 Å². The van der Waals surface area contributed by atoms with Crippen molar-refractivity contribution < 1.29 is 23.4 Å². The second-order valence-corrected chi connectivity index (χ2v) is 9.92. The van der Waals surface area contributed by atoms with Crippen molar-refractivity contribution in [2.75, 3.05) is 37.4 Å². The fourth-order valence-electron chi connectivity index (χ4n) is 5.61. The molecule has 0 amide bonds. The van der Waals surface area contributed by atoms with E-state index in [-0.39, 0.29) is 30.4 Å². The van der Waals surface area contributed by atoms with E-state index in [1.54, 1.807) is 12.0 Å². The molecule has 3 aliphatic rings. The third kappa shape index (κ3) is 4.97. The van der Waals surface area contributed by atoms with Crippen LogP contribution in [-0.4, -0.2) is 65.2 Å². The third-order valence-electron chi connectivity index (χ3n) is 7.35. The van der Waals surface area contributed by atoms with Crippen LogP contribution in [0.1, 0.15) is 17.5 Å². The molecule has 0 radical (unpaired) electrons. The van der Waals surface area contributed by atoms with E-state index in [1.165, 1.54) is 6.20 Å². The Hall–Kier alpha value is -2.98. The number of alkyl halides is 2. The zero-order valence-electron chi connectivity index (χ0n) is 19.8. The lowest BCUT2D eigenvalue weighted by atomic mass is 9.89. The highest BCUT2D eigenvalue weighted by molar-refractivity contribution is 6.32. The molecule has 2 bridgehead atoms. The minimum atomic E-state index is -2.36. The SMILES string of the molecule is COc1cc2c(cc1Nc1ncc(Cl)c(NC3C4C=CC(C4)C3C(=O)O)n1)CCN(CC(F)F)CC2. The van der Waals surface area contributed by atoms with E-state index in [9.17, 15) is 18.7 Å².